The van der Waals surface area contributed by atoms with E-state index in [0.717, 1.165) is 12.8 Å². The van der Waals surface area contributed by atoms with Gasteiger partial charge in [-0.05, 0) is 51.7 Å². The average Bonchev–Trinajstić information content (AvgIpc) is 2.98. The molecule has 0 unspecified atom stereocenters. The molecule has 7 nitrogen and oxygen atoms in total. The number of aromatic nitrogens is 3. The number of ether oxygens (including phenoxy) is 1. The van der Waals surface area contributed by atoms with Crippen LogP contribution in [0.5, 0.6) is 0 Å². The fraction of sp³-hybridized carbons (Fsp3) is 0.588. The number of rotatable bonds is 2. The van der Waals surface area contributed by atoms with Crippen molar-refractivity contribution in [1.82, 2.24) is 19.1 Å². The lowest BCUT2D eigenvalue weighted by Gasteiger charge is -2.33. The highest BCUT2D eigenvalue weighted by molar-refractivity contribution is 5.68. The molecule has 7 heteroatoms. The Balaban J connectivity index is 1.60. The predicted octanol–water partition coefficient (Wildman–Crippen LogP) is 2.14. The second-order valence-corrected chi connectivity index (χ2v) is 7.34. The number of amides is 1. The van der Waals surface area contributed by atoms with Gasteiger partial charge in [-0.2, -0.15) is 5.10 Å². The summed E-state index contributed by atoms with van der Waals surface area (Å²) in [6, 6.07) is 3.59. The van der Waals surface area contributed by atoms with Gasteiger partial charge in [0.05, 0.1) is 0 Å². The first-order valence-electron chi connectivity index (χ1n) is 8.34. The molecule has 2 aromatic rings. The third-order valence-corrected chi connectivity index (χ3v) is 4.24. The Morgan fingerprint density at radius 1 is 1.33 bits per heavy atom. The molecular weight excluding hydrogens is 308 g/mol. The zero-order valence-electron chi connectivity index (χ0n) is 14.4. The van der Waals surface area contributed by atoms with Crippen molar-refractivity contribution in [3.05, 3.63) is 35.0 Å². The minimum atomic E-state index is -0.473. The highest BCUT2D eigenvalue weighted by Crippen LogP contribution is 2.20. The van der Waals surface area contributed by atoms with Gasteiger partial charge in [-0.3, -0.25) is 9.36 Å². The quantitative estimate of drug-likeness (QED) is 0.845. The Morgan fingerprint density at radius 2 is 2.04 bits per heavy atom. The molecule has 1 aliphatic rings. The third kappa shape index (κ3) is 3.60. The predicted molar refractivity (Wildman–Crippen MR) is 90.0 cm³/mol. The highest BCUT2D eigenvalue weighted by Gasteiger charge is 2.27. The summed E-state index contributed by atoms with van der Waals surface area (Å²) in [7, 11) is 0. The Bertz CT molecular complexity index is 779. The van der Waals surface area contributed by atoms with E-state index in [9.17, 15) is 9.59 Å². The molecule has 0 radical (unpaired) electrons. The number of fused-ring (bicyclic) bond motifs is 1. The van der Waals surface area contributed by atoms with Crippen molar-refractivity contribution in [3.63, 3.8) is 0 Å². The van der Waals surface area contributed by atoms with Gasteiger partial charge in [-0.1, -0.05) is 0 Å². The van der Waals surface area contributed by atoms with Crippen molar-refractivity contribution in [3.8, 4) is 0 Å². The number of piperidine rings is 1. The van der Waals surface area contributed by atoms with E-state index < -0.39 is 5.60 Å². The molecule has 1 aliphatic heterocycles. The van der Waals surface area contributed by atoms with Gasteiger partial charge in [0.15, 0.2) is 0 Å². The van der Waals surface area contributed by atoms with E-state index in [4.69, 9.17) is 4.74 Å². The lowest BCUT2D eigenvalue weighted by molar-refractivity contribution is 0.0178. The summed E-state index contributed by atoms with van der Waals surface area (Å²) in [4.78, 5) is 26.2. The average molecular weight is 332 g/mol. The van der Waals surface area contributed by atoms with Crippen molar-refractivity contribution in [2.24, 2.45) is 5.92 Å². The van der Waals surface area contributed by atoms with Gasteiger partial charge >= 0.3 is 6.09 Å². The molecule has 130 valence electrons. The van der Waals surface area contributed by atoms with Crippen LogP contribution < -0.4 is 5.56 Å². The minimum absolute atomic E-state index is 0.0235. The number of nitrogens with zero attached hydrogens (tertiary/aromatic N) is 4. The topological polar surface area (TPSA) is 68.8 Å². The largest absolute Gasteiger partial charge is 0.444 e. The maximum atomic E-state index is 12.4. The Morgan fingerprint density at radius 3 is 2.71 bits per heavy atom. The molecule has 0 aliphatic carbocycles. The molecule has 0 N–H and O–H groups in total. The van der Waals surface area contributed by atoms with Crippen molar-refractivity contribution in [1.29, 1.82) is 0 Å². The lowest BCUT2D eigenvalue weighted by Crippen LogP contribution is -2.42. The van der Waals surface area contributed by atoms with Gasteiger partial charge in [-0.25, -0.2) is 9.31 Å². The van der Waals surface area contributed by atoms with E-state index in [1.54, 1.807) is 32.6 Å². The number of carbonyl (C=O) groups excluding carboxylic acids is 1. The minimum Gasteiger partial charge on any atom is -0.444 e. The van der Waals surface area contributed by atoms with Crippen molar-refractivity contribution in [2.75, 3.05) is 13.1 Å². The molecule has 3 heterocycles. The smallest absolute Gasteiger partial charge is 0.410 e. The van der Waals surface area contributed by atoms with E-state index in [-0.39, 0.29) is 11.7 Å². The molecule has 0 saturated carbocycles. The second kappa shape index (κ2) is 6.30. The number of likely N-dealkylation sites (tertiary alicyclic amines) is 1. The van der Waals surface area contributed by atoms with E-state index in [2.05, 4.69) is 5.10 Å². The molecule has 0 bridgehead atoms. The highest BCUT2D eigenvalue weighted by atomic mass is 16.6. The summed E-state index contributed by atoms with van der Waals surface area (Å²) in [5.74, 6) is 0.362. The summed E-state index contributed by atoms with van der Waals surface area (Å²) >= 11 is 0. The van der Waals surface area contributed by atoms with E-state index in [1.165, 1.54) is 0 Å². The van der Waals surface area contributed by atoms with Gasteiger partial charge in [0.25, 0.3) is 5.56 Å². The van der Waals surface area contributed by atoms with Gasteiger partial charge in [-0.15, -0.1) is 0 Å². The maximum Gasteiger partial charge on any atom is 0.410 e. The summed E-state index contributed by atoms with van der Waals surface area (Å²) in [5.41, 5.74) is 0.0905. The summed E-state index contributed by atoms with van der Waals surface area (Å²) in [6.45, 7) is 7.57. The van der Waals surface area contributed by atoms with Gasteiger partial charge in [0.1, 0.15) is 17.4 Å². The molecule has 2 aromatic heterocycles. The van der Waals surface area contributed by atoms with Crippen LogP contribution in [-0.2, 0) is 11.3 Å². The SMILES string of the molecule is CC(C)(C)OC(=O)N1CCC(Cn2cnn3cccc3c2=O)CC1. The van der Waals surface area contributed by atoms with Crippen molar-refractivity contribution in [2.45, 2.75) is 45.8 Å². The Kier molecular flexibility index (Phi) is 4.34. The first-order chi connectivity index (χ1) is 11.3. The molecule has 0 aromatic carbocycles. The fourth-order valence-corrected chi connectivity index (χ4v) is 2.99. The monoisotopic (exact) mass is 332 g/mol. The van der Waals surface area contributed by atoms with Crippen LogP contribution in [0, 0.1) is 5.92 Å². The van der Waals surface area contributed by atoms with Crippen LogP contribution in [0.4, 0.5) is 4.79 Å². The summed E-state index contributed by atoms with van der Waals surface area (Å²) in [6.07, 6.45) is 4.82. The molecule has 3 rings (SSSR count). The lowest BCUT2D eigenvalue weighted by atomic mass is 9.97. The van der Waals surface area contributed by atoms with Crippen LogP contribution in [0.3, 0.4) is 0 Å². The summed E-state index contributed by atoms with van der Waals surface area (Å²) in [5, 5.41) is 4.25. The van der Waals surface area contributed by atoms with E-state index in [0.29, 0.717) is 31.1 Å². The molecule has 1 amide bonds. The zero-order valence-corrected chi connectivity index (χ0v) is 14.4. The molecule has 1 saturated heterocycles. The first-order valence-corrected chi connectivity index (χ1v) is 8.34. The van der Waals surface area contributed by atoms with Crippen LogP contribution in [0.25, 0.3) is 5.52 Å². The first kappa shape index (κ1) is 16.5. The van der Waals surface area contributed by atoms with E-state index in [1.807, 2.05) is 26.8 Å². The normalized spacial score (nSPS) is 16.5. The number of hydrogen-bond donors (Lipinski definition) is 0. The third-order valence-electron chi connectivity index (χ3n) is 4.24. The summed E-state index contributed by atoms with van der Waals surface area (Å²) < 4.78 is 8.67. The van der Waals surface area contributed by atoms with Gasteiger partial charge in [0, 0.05) is 25.8 Å². The number of hydrogen-bond acceptors (Lipinski definition) is 4. The fourth-order valence-electron chi connectivity index (χ4n) is 2.99. The molecule has 1 fully saturated rings. The van der Waals surface area contributed by atoms with Crippen molar-refractivity contribution >= 4 is 11.6 Å². The van der Waals surface area contributed by atoms with Crippen LogP contribution in [0.2, 0.25) is 0 Å². The van der Waals surface area contributed by atoms with Crippen LogP contribution in [0.1, 0.15) is 33.6 Å². The van der Waals surface area contributed by atoms with Gasteiger partial charge < -0.3 is 9.64 Å². The molecule has 0 atom stereocenters. The Labute approximate surface area is 140 Å². The zero-order chi connectivity index (χ0) is 17.3. The molecule has 0 spiro atoms. The standard InChI is InChI=1S/C17H24N4O3/c1-17(2,3)24-16(23)19-9-6-13(7-10-19)11-20-12-18-21-8-4-5-14(21)15(20)22/h4-5,8,12-13H,6-7,9-11H2,1-3H3. The van der Waals surface area contributed by atoms with E-state index >= 15 is 0 Å². The molecule has 24 heavy (non-hydrogen) atoms. The van der Waals surface area contributed by atoms with Crippen LogP contribution in [-0.4, -0.2) is 43.9 Å². The number of carbonyl (C=O) groups is 1. The van der Waals surface area contributed by atoms with Crippen molar-refractivity contribution < 1.29 is 9.53 Å². The Hall–Kier alpha value is -2.31. The van der Waals surface area contributed by atoms with Crippen LogP contribution >= 0.6 is 0 Å². The molecular formula is C17H24N4O3. The second-order valence-electron chi connectivity index (χ2n) is 7.34. The van der Waals surface area contributed by atoms with Crippen LogP contribution in [0.15, 0.2) is 29.5 Å². The van der Waals surface area contributed by atoms with Gasteiger partial charge in [0.2, 0.25) is 0 Å². The maximum absolute atomic E-state index is 12.4.